The number of nitrogens with zero attached hydrogens (tertiary/aromatic N) is 1. The maximum Gasteiger partial charge on any atom is 0.245 e. The van der Waals surface area contributed by atoms with Crippen LogP contribution in [-0.4, -0.2) is 29.5 Å². The molecule has 0 unspecified atom stereocenters. The first-order valence-electron chi connectivity index (χ1n) is 2.89. The summed E-state index contributed by atoms with van der Waals surface area (Å²) in [6.45, 7) is 3.72. The van der Waals surface area contributed by atoms with Gasteiger partial charge in [-0.3, -0.25) is 4.79 Å². The van der Waals surface area contributed by atoms with Gasteiger partial charge in [0.1, 0.15) is 0 Å². The van der Waals surface area contributed by atoms with Gasteiger partial charge in [0, 0.05) is 13.6 Å². The largest absolute Gasteiger partial charge is 0.516 e. The van der Waals surface area contributed by atoms with Gasteiger partial charge in [0.2, 0.25) is 5.91 Å². The van der Waals surface area contributed by atoms with E-state index in [4.69, 9.17) is 5.11 Å². The zero-order valence-corrected chi connectivity index (χ0v) is 5.95. The van der Waals surface area contributed by atoms with E-state index in [9.17, 15) is 4.79 Å². The number of carbonyl (C=O) groups excluding carboxylic acids is 1. The summed E-state index contributed by atoms with van der Waals surface area (Å²) >= 11 is 0. The highest BCUT2D eigenvalue weighted by Gasteiger charge is 1.98. The molecule has 0 aliphatic rings. The number of aliphatic hydroxyl groups is 1. The first kappa shape index (κ1) is 8.75. The molecule has 0 rings (SSSR count). The summed E-state index contributed by atoms with van der Waals surface area (Å²) in [5.74, 6) is -0.155. The highest BCUT2D eigenvalue weighted by atomic mass is 16.2. The van der Waals surface area contributed by atoms with Gasteiger partial charge in [-0.1, -0.05) is 6.58 Å². The van der Waals surface area contributed by atoms with Crippen molar-refractivity contribution in [2.24, 2.45) is 0 Å². The molecule has 56 valence electrons. The summed E-state index contributed by atoms with van der Waals surface area (Å²) in [4.78, 5) is 12.1. The Hall–Kier alpha value is -1.25. The van der Waals surface area contributed by atoms with E-state index in [-0.39, 0.29) is 5.91 Å². The van der Waals surface area contributed by atoms with Crippen molar-refractivity contribution in [3.8, 4) is 0 Å². The van der Waals surface area contributed by atoms with Crippen LogP contribution in [-0.2, 0) is 4.79 Å². The summed E-state index contributed by atoms with van der Waals surface area (Å²) in [6, 6.07) is 0. The second-order valence-electron chi connectivity index (χ2n) is 1.81. The van der Waals surface area contributed by atoms with Crippen molar-refractivity contribution in [1.29, 1.82) is 0 Å². The molecule has 0 aromatic rings. The quantitative estimate of drug-likeness (QED) is 0.464. The Kier molecular flexibility index (Phi) is 4.04. The minimum Gasteiger partial charge on any atom is -0.516 e. The van der Waals surface area contributed by atoms with Gasteiger partial charge in [0.15, 0.2) is 0 Å². The summed E-state index contributed by atoms with van der Waals surface area (Å²) in [5, 5.41) is 8.23. The van der Waals surface area contributed by atoms with Gasteiger partial charge in [0.25, 0.3) is 0 Å². The van der Waals surface area contributed by atoms with E-state index in [0.717, 1.165) is 6.26 Å². The average Bonchev–Trinajstić information content (AvgIpc) is 1.98. The van der Waals surface area contributed by atoms with Crippen LogP contribution >= 0.6 is 0 Å². The molecule has 10 heavy (non-hydrogen) atoms. The topological polar surface area (TPSA) is 40.5 Å². The molecule has 0 saturated heterocycles. The molecule has 0 atom stereocenters. The predicted molar refractivity (Wildman–Crippen MR) is 39.6 cm³/mol. The Morgan fingerprint density at radius 2 is 2.40 bits per heavy atom. The lowest BCUT2D eigenvalue weighted by atomic mass is 10.5. The van der Waals surface area contributed by atoms with Crippen molar-refractivity contribution in [1.82, 2.24) is 4.90 Å². The molecule has 1 amide bonds. The Morgan fingerprint density at radius 1 is 1.80 bits per heavy atom. The maximum absolute atomic E-state index is 10.7. The second-order valence-corrected chi connectivity index (χ2v) is 1.81. The maximum atomic E-state index is 10.7. The number of likely N-dealkylation sites (N-methyl/N-ethyl adjacent to an activating group) is 1. The summed E-state index contributed by atoms with van der Waals surface area (Å²) in [7, 11) is 1.63. The molecule has 0 saturated carbocycles. The van der Waals surface area contributed by atoms with Crippen LogP contribution in [0.3, 0.4) is 0 Å². The van der Waals surface area contributed by atoms with Gasteiger partial charge in [-0.25, -0.2) is 0 Å². The number of hydrogen-bond donors (Lipinski definition) is 1. The molecule has 0 bridgehead atoms. The molecule has 0 aliphatic heterocycles. The molecule has 0 spiro atoms. The van der Waals surface area contributed by atoms with Gasteiger partial charge in [-0.2, -0.15) is 0 Å². The van der Waals surface area contributed by atoms with Crippen LogP contribution in [0.25, 0.3) is 0 Å². The number of rotatable bonds is 3. The summed E-state index contributed by atoms with van der Waals surface area (Å²) in [5.41, 5.74) is 0. The molecule has 0 aromatic carbocycles. The highest BCUT2D eigenvalue weighted by Crippen LogP contribution is 1.84. The molecular formula is C7H11NO2. The van der Waals surface area contributed by atoms with Crippen LogP contribution < -0.4 is 0 Å². The van der Waals surface area contributed by atoms with E-state index in [2.05, 4.69) is 6.58 Å². The van der Waals surface area contributed by atoms with Crippen molar-refractivity contribution in [3.63, 3.8) is 0 Å². The first-order valence-corrected chi connectivity index (χ1v) is 2.89. The fourth-order valence-electron chi connectivity index (χ4n) is 0.451. The van der Waals surface area contributed by atoms with Crippen LogP contribution in [0.4, 0.5) is 0 Å². The number of hydrogen-bond acceptors (Lipinski definition) is 2. The zero-order valence-electron chi connectivity index (χ0n) is 5.95. The van der Waals surface area contributed by atoms with E-state index in [1.165, 1.54) is 17.1 Å². The van der Waals surface area contributed by atoms with Crippen LogP contribution in [0.1, 0.15) is 0 Å². The van der Waals surface area contributed by atoms with Crippen molar-refractivity contribution in [2.75, 3.05) is 13.6 Å². The van der Waals surface area contributed by atoms with Crippen LogP contribution in [0.2, 0.25) is 0 Å². The number of carbonyl (C=O) groups is 1. The van der Waals surface area contributed by atoms with Crippen LogP contribution in [0, 0.1) is 0 Å². The Morgan fingerprint density at radius 3 is 2.80 bits per heavy atom. The third-order valence-electron chi connectivity index (χ3n) is 1.04. The van der Waals surface area contributed by atoms with Crippen molar-refractivity contribution in [2.45, 2.75) is 0 Å². The Balaban J connectivity index is 3.72. The number of aliphatic hydroxyl groups excluding tert-OH is 1. The summed E-state index contributed by atoms with van der Waals surface area (Å²) in [6.07, 6.45) is 3.61. The van der Waals surface area contributed by atoms with Gasteiger partial charge < -0.3 is 10.0 Å². The van der Waals surface area contributed by atoms with E-state index in [1.807, 2.05) is 0 Å². The SMILES string of the molecule is C=CC(=O)N(C)CC=CO. The lowest BCUT2D eigenvalue weighted by molar-refractivity contribution is -0.124. The zero-order chi connectivity index (χ0) is 7.98. The van der Waals surface area contributed by atoms with Gasteiger partial charge in [0.05, 0.1) is 6.26 Å². The fourth-order valence-corrected chi connectivity index (χ4v) is 0.451. The van der Waals surface area contributed by atoms with Gasteiger partial charge in [-0.15, -0.1) is 0 Å². The van der Waals surface area contributed by atoms with Crippen molar-refractivity contribution < 1.29 is 9.90 Å². The molecule has 0 heterocycles. The third-order valence-corrected chi connectivity index (χ3v) is 1.04. The predicted octanol–water partition coefficient (Wildman–Crippen LogP) is 0.702. The third kappa shape index (κ3) is 2.91. The van der Waals surface area contributed by atoms with E-state index >= 15 is 0 Å². The minimum atomic E-state index is -0.155. The standard InChI is InChI=1S/C7H11NO2/c1-3-7(10)8(2)5-4-6-9/h3-4,6,9H,1,5H2,2H3. The Labute approximate surface area is 60.3 Å². The molecule has 3 heteroatoms. The average molecular weight is 141 g/mol. The first-order chi connectivity index (χ1) is 4.72. The molecule has 0 aliphatic carbocycles. The number of amides is 1. The fraction of sp³-hybridized carbons (Fsp3) is 0.286. The van der Waals surface area contributed by atoms with Gasteiger partial charge in [-0.05, 0) is 12.2 Å². The highest BCUT2D eigenvalue weighted by molar-refractivity contribution is 5.86. The monoisotopic (exact) mass is 141 g/mol. The summed E-state index contributed by atoms with van der Waals surface area (Å²) < 4.78 is 0. The van der Waals surface area contributed by atoms with E-state index < -0.39 is 0 Å². The molecule has 1 N–H and O–H groups in total. The molecular weight excluding hydrogens is 130 g/mol. The molecule has 0 aromatic heterocycles. The lowest BCUT2D eigenvalue weighted by Crippen LogP contribution is -2.24. The van der Waals surface area contributed by atoms with E-state index in [0.29, 0.717) is 6.54 Å². The molecule has 3 nitrogen and oxygen atoms in total. The Bertz CT molecular complexity index is 152. The second kappa shape index (κ2) is 4.61. The minimum absolute atomic E-state index is 0.155. The lowest BCUT2D eigenvalue weighted by Gasteiger charge is -2.10. The smallest absolute Gasteiger partial charge is 0.245 e. The van der Waals surface area contributed by atoms with E-state index in [1.54, 1.807) is 7.05 Å². The molecule has 0 fully saturated rings. The van der Waals surface area contributed by atoms with Crippen LogP contribution in [0.5, 0.6) is 0 Å². The van der Waals surface area contributed by atoms with Gasteiger partial charge >= 0.3 is 0 Å². The van der Waals surface area contributed by atoms with Crippen molar-refractivity contribution in [3.05, 3.63) is 25.0 Å². The normalized spacial score (nSPS) is 9.70. The van der Waals surface area contributed by atoms with Crippen LogP contribution in [0.15, 0.2) is 25.0 Å². The van der Waals surface area contributed by atoms with Crippen molar-refractivity contribution >= 4 is 5.91 Å². The molecule has 0 radical (unpaired) electrons.